The fourth-order valence-corrected chi connectivity index (χ4v) is 9.63. The number of aliphatic hydroxyl groups is 1. The number of hydrogen-bond donors (Lipinski definition) is 1. The Morgan fingerprint density at radius 1 is 1.14 bits per heavy atom. The van der Waals surface area contributed by atoms with Crippen molar-refractivity contribution in [3.05, 3.63) is 35.4 Å². The van der Waals surface area contributed by atoms with E-state index in [0.29, 0.717) is 50.1 Å². The predicted octanol–water partition coefficient (Wildman–Crippen LogP) is 2.22. The third-order valence-electron chi connectivity index (χ3n) is 11.1. The van der Waals surface area contributed by atoms with Gasteiger partial charge >= 0.3 is 11.9 Å². The van der Waals surface area contributed by atoms with E-state index in [1.54, 1.807) is 0 Å². The summed E-state index contributed by atoms with van der Waals surface area (Å²) in [5.41, 5.74) is -3.20. The van der Waals surface area contributed by atoms with E-state index in [4.69, 9.17) is 14.2 Å². The summed E-state index contributed by atoms with van der Waals surface area (Å²) in [6.07, 6.45) is 6.86. The number of esters is 2. The molecule has 0 aromatic heterocycles. The molecule has 0 amide bonds. The lowest BCUT2D eigenvalue weighted by Crippen LogP contribution is -2.81. The average molecular weight is 581 g/mol. The first-order valence-corrected chi connectivity index (χ1v) is 14.9. The van der Waals surface area contributed by atoms with Crippen LogP contribution in [0.2, 0.25) is 0 Å². The van der Waals surface area contributed by atoms with Gasteiger partial charge in [0.25, 0.3) is 0 Å². The second-order valence-electron chi connectivity index (χ2n) is 12.7. The van der Waals surface area contributed by atoms with E-state index in [9.17, 15) is 24.3 Å². The zero-order valence-corrected chi connectivity index (χ0v) is 25.0. The van der Waals surface area contributed by atoms with Crippen molar-refractivity contribution in [2.45, 2.75) is 87.0 Å². The first-order chi connectivity index (χ1) is 20.0. The van der Waals surface area contributed by atoms with Crippen LogP contribution in [0.5, 0.6) is 5.75 Å². The Balaban J connectivity index is 1.69. The quantitative estimate of drug-likeness (QED) is 0.232. The summed E-state index contributed by atoms with van der Waals surface area (Å²) in [6, 6.07) is 2.65. The summed E-state index contributed by atoms with van der Waals surface area (Å²) in [6.45, 7) is 4.62. The molecule has 5 aliphatic rings. The molecule has 3 fully saturated rings. The number of nitrogens with zero attached hydrogens (tertiary/aromatic N) is 2. The summed E-state index contributed by atoms with van der Waals surface area (Å²) in [5.74, 6) is -1.18. The molecule has 1 saturated heterocycles. The molecule has 3 heterocycles. The number of ether oxygens (including phenoxy) is 3. The Morgan fingerprint density at radius 3 is 2.52 bits per heavy atom. The third-order valence-corrected chi connectivity index (χ3v) is 11.1. The molecule has 0 bridgehead atoms. The predicted molar refractivity (Wildman–Crippen MR) is 152 cm³/mol. The minimum absolute atomic E-state index is 0.122. The van der Waals surface area contributed by atoms with E-state index < -0.39 is 45.9 Å². The maximum Gasteiger partial charge on any atom is 0.344 e. The van der Waals surface area contributed by atoms with Gasteiger partial charge in [-0.3, -0.25) is 14.5 Å². The molecule has 2 aliphatic carbocycles. The lowest BCUT2D eigenvalue weighted by atomic mass is 9.47. The lowest BCUT2D eigenvalue weighted by molar-refractivity contribution is -0.228. The monoisotopic (exact) mass is 580 g/mol. The summed E-state index contributed by atoms with van der Waals surface area (Å²) in [4.78, 5) is 57.0. The van der Waals surface area contributed by atoms with Crippen molar-refractivity contribution in [2.75, 3.05) is 39.3 Å². The van der Waals surface area contributed by atoms with Crippen molar-refractivity contribution in [3.8, 4) is 5.75 Å². The van der Waals surface area contributed by atoms with Crippen LogP contribution in [-0.2, 0) is 39.5 Å². The number of methoxy groups -OCH3 is 2. The van der Waals surface area contributed by atoms with Crippen LogP contribution in [0.1, 0.15) is 63.5 Å². The van der Waals surface area contributed by atoms with Gasteiger partial charge in [0.15, 0.2) is 11.9 Å². The number of hydrogen-bond acceptors (Lipinski definition) is 10. The van der Waals surface area contributed by atoms with Crippen LogP contribution in [0.4, 0.5) is 5.69 Å². The molecule has 226 valence electrons. The topological polar surface area (TPSA) is 123 Å². The van der Waals surface area contributed by atoms with Crippen molar-refractivity contribution >= 4 is 29.7 Å². The van der Waals surface area contributed by atoms with Gasteiger partial charge in [-0.05, 0) is 43.9 Å². The second kappa shape index (κ2) is 9.64. The number of benzene rings is 1. The molecule has 1 aromatic carbocycles. The summed E-state index contributed by atoms with van der Waals surface area (Å²) in [5, 5.41) is 12.8. The van der Waals surface area contributed by atoms with Gasteiger partial charge in [0, 0.05) is 61.1 Å². The fraction of sp³-hybridized carbons (Fsp3) is 0.625. The molecule has 1 aromatic rings. The number of ketones is 1. The standard InChI is InChI=1S/C32H40N2O8/c1-6-29-12-9-14-34-15-13-31(25(29)34)20-16-21(30(18-35)11-8-7-10-24(30)37)23(40-4)17-22(20)33(3)26(31)32(39,28(38)41-5)27(29)42-19(2)36/h9,12,16-18,25-27,39H,6-8,10-11,13-15H2,1-5H3/t25-,26+,27+,29+,30?,31+,32-/m0/s1. The van der Waals surface area contributed by atoms with Crippen LogP contribution < -0.4 is 9.64 Å². The Bertz CT molecular complexity index is 1390. The molecule has 1 N–H and O–H groups in total. The van der Waals surface area contributed by atoms with Crippen molar-refractivity contribution in [3.63, 3.8) is 0 Å². The highest BCUT2D eigenvalue weighted by Gasteiger charge is 2.80. The van der Waals surface area contributed by atoms with Crippen LogP contribution in [0.25, 0.3) is 0 Å². The summed E-state index contributed by atoms with van der Waals surface area (Å²) < 4.78 is 17.1. The van der Waals surface area contributed by atoms with Gasteiger partial charge in [-0.15, -0.1) is 0 Å². The van der Waals surface area contributed by atoms with E-state index in [2.05, 4.69) is 4.90 Å². The molecule has 6 rings (SSSR count). The van der Waals surface area contributed by atoms with Crippen LogP contribution in [0, 0.1) is 5.41 Å². The largest absolute Gasteiger partial charge is 0.496 e. The molecule has 1 spiro atoms. The molecule has 3 aliphatic heterocycles. The molecular formula is C32H40N2O8. The minimum atomic E-state index is -2.24. The lowest BCUT2D eigenvalue weighted by Gasteiger charge is -2.63. The van der Waals surface area contributed by atoms with Crippen LogP contribution in [0.15, 0.2) is 24.3 Å². The Labute approximate surface area is 246 Å². The number of rotatable bonds is 6. The number of carbonyl (C=O) groups is 4. The van der Waals surface area contributed by atoms with Crippen LogP contribution in [-0.4, -0.2) is 92.2 Å². The van der Waals surface area contributed by atoms with Gasteiger partial charge in [0.05, 0.1) is 20.3 Å². The Morgan fingerprint density at radius 2 is 1.90 bits per heavy atom. The highest BCUT2D eigenvalue weighted by Crippen LogP contribution is 2.68. The van der Waals surface area contributed by atoms with Crippen molar-refractivity contribution < 1.29 is 38.5 Å². The summed E-state index contributed by atoms with van der Waals surface area (Å²) in [7, 11) is 4.56. The second-order valence-corrected chi connectivity index (χ2v) is 12.7. The zero-order chi connectivity index (χ0) is 30.2. The zero-order valence-electron chi connectivity index (χ0n) is 25.0. The molecule has 2 saturated carbocycles. The smallest absolute Gasteiger partial charge is 0.344 e. The first-order valence-electron chi connectivity index (χ1n) is 14.9. The fourth-order valence-electron chi connectivity index (χ4n) is 9.63. The van der Waals surface area contributed by atoms with Crippen LogP contribution >= 0.6 is 0 Å². The van der Waals surface area contributed by atoms with E-state index in [0.717, 1.165) is 30.4 Å². The number of carbonyl (C=O) groups excluding carboxylic acids is 4. The van der Waals surface area contributed by atoms with E-state index in [1.807, 2.05) is 43.2 Å². The molecular weight excluding hydrogens is 540 g/mol. The highest BCUT2D eigenvalue weighted by atomic mass is 16.6. The van der Waals surface area contributed by atoms with Gasteiger partial charge in [-0.1, -0.05) is 25.5 Å². The number of Topliss-reactive ketones (excluding diaryl/α,β-unsaturated/α-hetero) is 1. The summed E-state index contributed by atoms with van der Waals surface area (Å²) >= 11 is 0. The molecule has 0 radical (unpaired) electrons. The van der Waals surface area contributed by atoms with Crippen molar-refractivity contribution in [1.29, 1.82) is 0 Å². The number of likely N-dealkylation sites (N-methyl/N-ethyl adjacent to an activating group) is 1. The van der Waals surface area contributed by atoms with Gasteiger partial charge in [0.2, 0.25) is 5.60 Å². The SMILES string of the molecule is CC[C@]12C=CCN3CC[C@@]4(c5cc(C6(C=O)CCCCC6=O)c(OC)cc5N(C)[C@H]4[C@@](O)(C(=O)OC)[C@@H]1OC(C)=O)[C@@H]32. The first kappa shape index (κ1) is 28.9. The molecule has 1 unspecified atom stereocenters. The van der Waals surface area contributed by atoms with Gasteiger partial charge in [0.1, 0.15) is 17.5 Å². The maximum absolute atomic E-state index is 13.9. The van der Waals surface area contributed by atoms with Gasteiger partial charge in [-0.2, -0.15) is 0 Å². The van der Waals surface area contributed by atoms with Gasteiger partial charge in [-0.25, -0.2) is 4.79 Å². The Hall–Kier alpha value is -3.24. The number of aldehydes is 1. The van der Waals surface area contributed by atoms with Crippen molar-refractivity contribution in [2.24, 2.45) is 5.41 Å². The highest BCUT2D eigenvalue weighted by molar-refractivity contribution is 6.05. The van der Waals surface area contributed by atoms with Crippen molar-refractivity contribution in [1.82, 2.24) is 4.90 Å². The van der Waals surface area contributed by atoms with E-state index in [-0.39, 0.29) is 11.8 Å². The minimum Gasteiger partial charge on any atom is -0.496 e. The maximum atomic E-state index is 13.9. The normalized spacial score (nSPS) is 38.4. The average Bonchev–Trinajstić information content (AvgIpc) is 3.50. The van der Waals surface area contributed by atoms with Gasteiger partial charge < -0.3 is 29.0 Å². The molecule has 42 heavy (non-hydrogen) atoms. The Kier molecular flexibility index (Phi) is 6.62. The van der Waals surface area contributed by atoms with E-state index >= 15 is 0 Å². The number of fused-ring (bicyclic) bond motifs is 1. The van der Waals surface area contributed by atoms with E-state index in [1.165, 1.54) is 21.1 Å². The number of anilines is 1. The molecule has 10 heteroatoms. The molecule has 10 nitrogen and oxygen atoms in total. The third kappa shape index (κ3) is 3.28. The molecule has 7 atom stereocenters. The van der Waals surface area contributed by atoms with Crippen LogP contribution in [0.3, 0.4) is 0 Å².